The monoisotopic (exact) mass is 421 g/mol. The Morgan fingerprint density at radius 1 is 1.15 bits per heavy atom. The van der Waals surface area contributed by atoms with E-state index in [1.807, 2.05) is 6.07 Å². The number of methoxy groups -OCH3 is 1. The van der Waals surface area contributed by atoms with Crippen LogP contribution in [-0.2, 0) is 4.79 Å². The molecule has 2 N–H and O–H groups in total. The molecule has 0 aliphatic carbocycles. The zero-order valence-corrected chi connectivity index (χ0v) is 17.1. The standard InChI is InChI=1S/C18H16ClN3O3S2/c1-9-16(27-18(20-9)14-6-7-15(19)26-14)17(24)22-12-8-11(21-10(2)23)4-5-13(12)25-3/h4-8H,1-3H3,(H,21,23)(H,22,24). The molecule has 0 spiro atoms. The summed E-state index contributed by atoms with van der Waals surface area (Å²) >= 11 is 8.70. The Bertz CT molecular complexity index is 1010. The molecular formula is C18H16ClN3O3S2. The topological polar surface area (TPSA) is 80.3 Å². The van der Waals surface area contributed by atoms with Crippen LogP contribution >= 0.6 is 34.3 Å². The van der Waals surface area contributed by atoms with E-state index in [4.69, 9.17) is 16.3 Å². The van der Waals surface area contributed by atoms with Gasteiger partial charge in [0.15, 0.2) is 0 Å². The third-order valence-electron chi connectivity index (χ3n) is 3.55. The number of anilines is 2. The minimum atomic E-state index is -0.294. The van der Waals surface area contributed by atoms with Crippen molar-refractivity contribution in [2.75, 3.05) is 17.7 Å². The van der Waals surface area contributed by atoms with E-state index in [1.165, 1.54) is 36.7 Å². The Kier molecular flexibility index (Phi) is 5.79. The lowest BCUT2D eigenvalue weighted by Crippen LogP contribution is -2.13. The van der Waals surface area contributed by atoms with Gasteiger partial charge in [0, 0.05) is 12.6 Å². The maximum atomic E-state index is 12.8. The van der Waals surface area contributed by atoms with Gasteiger partial charge in [-0.1, -0.05) is 11.6 Å². The number of thiophene rings is 1. The Morgan fingerprint density at radius 3 is 2.56 bits per heavy atom. The molecule has 2 heterocycles. The van der Waals surface area contributed by atoms with E-state index < -0.39 is 0 Å². The predicted molar refractivity (Wildman–Crippen MR) is 110 cm³/mol. The average Bonchev–Trinajstić information content (AvgIpc) is 3.20. The largest absolute Gasteiger partial charge is 0.495 e. The van der Waals surface area contributed by atoms with Gasteiger partial charge in [-0.25, -0.2) is 4.98 Å². The molecule has 3 rings (SSSR count). The third kappa shape index (κ3) is 4.47. The van der Waals surface area contributed by atoms with E-state index in [9.17, 15) is 9.59 Å². The highest BCUT2D eigenvalue weighted by Crippen LogP contribution is 2.36. The molecule has 0 fully saturated rings. The third-order valence-corrected chi connectivity index (χ3v) is 6.11. The normalized spacial score (nSPS) is 10.5. The summed E-state index contributed by atoms with van der Waals surface area (Å²) in [7, 11) is 1.51. The van der Waals surface area contributed by atoms with Gasteiger partial charge < -0.3 is 15.4 Å². The van der Waals surface area contributed by atoms with Crippen molar-refractivity contribution in [1.82, 2.24) is 4.98 Å². The lowest BCUT2D eigenvalue weighted by atomic mass is 10.2. The first-order chi connectivity index (χ1) is 12.9. The van der Waals surface area contributed by atoms with E-state index in [0.717, 1.165) is 9.88 Å². The van der Waals surface area contributed by atoms with Crippen LogP contribution in [0.25, 0.3) is 9.88 Å². The second-order valence-corrected chi connectivity index (χ2v) is 8.30. The van der Waals surface area contributed by atoms with Crippen LogP contribution in [0.3, 0.4) is 0 Å². The Balaban J connectivity index is 1.87. The van der Waals surface area contributed by atoms with Crippen molar-refractivity contribution < 1.29 is 14.3 Å². The van der Waals surface area contributed by atoms with Crippen molar-refractivity contribution in [3.63, 3.8) is 0 Å². The van der Waals surface area contributed by atoms with Gasteiger partial charge in [-0.2, -0.15) is 0 Å². The van der Waals surface area contributed by atoms with Crippen LogP contribution in [-0.4, -0.2) is 23.9 Å². The molecule has 140 valence electrons. The van der Waals surface area contributed by atoms with Crippen LogP contribution in [0, 0.1) is 6.92 Å². The molecule has 0 unspecified atom stereocenters. The quantitative estimate of drug-likeness (QED) is 0.603. The SMILES string of the molecule is COc1ccc(NC(C)=O)cc1NC(=O)c1sc(-c2ccc(Cl)s2)nc1C. The van der Waals surface area contributed by atoms with Gasteiger partial charge in [-0.05, 0) is 37.3 Å². The Labute approximate surface area is 169 Å². The number of carbonyl (C=O) groups is 2. The molecule has 1 aromatic carbocycles. The number of ether oxygens (including phenoxy) is 1. The molecular weight excluding hydrogens is 406 g/mol. The van der Waals surface area contributed by atoms with Crippen molar-refractivity contribution >= 4 is 57.5 Å². The van der Waals surface area contributed by atoms with Gasteiger partial charge >= 0.3 is 0 Å². The second kappa shape index (κ2) is 8.08. The number of aryl methyl sites for hydroxylation is 1. The van der Waals surface area contributed by atoms with E-state index in [1.54, 1.807) is 31.2 Å². The lowest BCUT2D eigenvalue weighted by Gasteiger charge is -2.12. The van der Waals surface area contributed by atoms with E-state index >= 15 is 0 Å². The van der Waals surface area contributed by atoms with Gasteiger partial charge in [0.2, 0.25) is 5.91 Å². The molecule has 0 bridgehead atoms. The predicted octanol–water partition coefficient (Wildman–Crippen LogP) is 5.05. The van der Waals surface area contributed by atoms with Gasteiger partial charge in [0.1, 0.15) is 15.6 Å². The molecule has 27 heavy (non-hydrogen) atoms. The second-order valence-electron chi connectivity index (χ2n) is 5.59. The fourth-order valence-corrected chi connectivity index (χ4v) is 4.47. The van der Waals surface area contributed by atoms with Crippen LogP contribution < -0.4 is 15.4 Å². The molecule has 0 saturated carbocycles. The lowest BCUT2D eigenvalue weighted by molar-refractivity contribution is -0.114. The molecule has 0 saturated heterocycles. The van der Waals surface area contributed by atoms with E-state index in [2.05, 4.69) is 15.6 Å². The number of benzene rings is 1. The fraction of sp³-hybridized carbons (Fsp3) is 0.167. The van der Waals surface area contributed by atoms with Gasteiger partial charge in [0.05, 0.1) is 27.7 Å². The fourth-order valence-electron chi connectivity index (χ4n) is 2.41. The summed E-state index contributed by atoms with van der Waals surface area (Å²) in [6, 6.07) is 8.71. The smallest absolute Gasteiger partial charge is 0.267 e. The number of hydrogen-bond acceptors (Lipinski definition) is 6. The van der Waals surface area contributed by atoms with Crippen LogP contribution in [0.5, 0.6) is 5.75 Å². The first-order valence-electron chi connectivity index (χ1n) is 7.87. The maximum absolute atomic E-state index is 12.8. The number of aromatic nitrogens is 1. The Hall–Kier alpha value is -2.42. The minimum absolute atomic E-state index is 0.199. The number of amides is 2. The summed E-state index contributed by atoms with van der Waals surface area (Å²) in [6.07, 6.45) is 0. The van der Waals surface area contributed by atoms with Gasteiger partial charge in [-0.15, -0.1) is 22.7 Å². The van der Waals surface area contributed by atoms with Gasteiger partial charge in [0.25, 0.3) is 5.91 Å². The summed E-state index contributed by atoms with van der Waals surface area (Å²) < 4.78 is 5.97. The number of nitrogens with zero attached hydrogens (tertiary/aromatic N) is 1. The number of carbonyl (C=O) groups excluding carboxylic acids is 2. The summed E-state index contributed by atoms with van der Waals surface area (Å²) in [4.78, 5) is 29.9. The van der Waals surface area contributed by atoms with Crippen molar-refractivity contribution in [2.45, 2.75) is 13.8 Å². The summed E-state index contributed by atoms with van der Waals surface area (Å²) in [5.41, 5.74) is 1.66. The molecule has 2 amide bonds. The maximum Gasteiger partial charge on any atom is 0.267 e. The van der Waals surface area contributed by atoms with E-state index in [0.29, 0.717) is 32.0 Å². The number of halogens is 1. The van der Waals surface area contributed by atoms with Crippen molar-refractivity contribution in [1.29, 1.82) is 0 Å². The van der Waals surface area contributed by atoms with Crippen molar-refractivity contribution in [3.8, 4) is 15.6 Å². The van der Waals surface area contributed by atoms with Gasteiger partial charge in [-0.3, -0.25) is 9.59 Å². The van der Waals surface area contributed by atoms with E-state index in [-0.39, 0.29) is 11.8 Å². The highest BCUT2D eigenvalue weighted by molar-refractivity contribution is 7.24. The van der Waals surface area contributed by atoms with Crippen LogP contribution in [0.4, 0.5) is 11.4 Å². The number of hydrogen-bond donors (Lipinski definition) is 2. The molecule has 9 heteroatoms. The highest BCUT2D eigenvalue weighted by Gasteiger charge is 2.19. The average molecular weight is 422 g/mol. The number of nitrogens with one attached hydrogen (secondary N) is 2. The number of rotatable bonds is 5. The van der Waals surface area contributed by atoms with Crippen LogP contribution in [0.2, 0.25) is 4.34 Å². The highest BCUT2D eigenvalue weighted by atomic mass is 35.5. The first kappa shape index (κ1) is 19.3. The van der Waals surface area contributed by atoms with Crippen LogP contribution in [0.15, 0.2) is 30.3 Å². The summed E-state index contributed by atoms with van der Waals surface area (Å²) in [5, 5.41) is 6.26. The molecule has 0 atom stereocenters. The molecule has 0 aliphatic heterocycles. The Morgan fingerprint density at radius 2 is 1.93 bits per heavy atom. The summed E-state index contributed by atoms with van der Waals surface area (Å²) in [5.74, 6) is -0.00273. The number of thiazole rings is 1. The zero-order valence-electron chi connectivity index (χ0n) is 14.8. The molecule has 3 aromatic rings. The van der Waals surface area contributed by atoms with Crippen LogP contribution in [0.1, 0.15) is 22.3 Å². The molecule has 6 nitrogen and oxygen atoms in total. The minimum Gasteiger partial charge on any atom is -0.495 e. The zero-order chi connectivity index (χ0) is 19.6. The summed E-state index contributed by atoms with van der Waals surface area (Å²) in [6.45, 7) is 3.20. The molecule has 0 aliphatic rings. The molecule has 2 aromatic heterocycles. The first-order valence-corrected chi connectivity index (χ1v) is 9.88. The van der Waals surface area contributed by atoms with Crippen molar-refractivity contribution in [3.05, 3.63) is 45.2 Å². The molecule has 0 radical (unpaired) electrons. The van der Waals surface area contributed by atoms with Crippen molar-refractivity contribution in [2.24, 2.45) is 0 Å².